The molecule has 5 heteroatoms. The first kappa shape index (κ1) is 14.4. The summed E-state index contributed by atoms with van der Waals surface area (Å²) in [6.45, 7) is 4.15. The van der Waals surface area contributed by atoms with Gasteiger partial charge >= 0.3 is 0 Å². The summed E-state index contributed by atoms with van der Waals surface area (Å²) in [6.07, 6.45) is 2.53. The smallest absolute Gasteiger partial charge is 0.127 e. The predicted molar refractivity (Wildman–Crippen MR) is 87.4 cm³/mol. The third kappa shape index (κ3) is 2.61. The highest BCUT2D eigenvalue weighted by molar-refractivity contribution is 9.10. The molecule has 1 fully saturated rings. The third-order valence-corrected chi connectivity index (χ3v) is 4.85. The molecule has 0 N–H and O–H groups in total. The Morgan fingerprint density at radius 2 is 2.30 bits per heavy atom. The van der Waals surface area contributed by atoms with Crippen molar-refractivity contribution in [1.29, 1.82) is 0 Å². The lowest BCUT2D eigenvalue weighted by Crippen LogP contribution is -2.30. The van der Waals surface area contributed by atoms with Crippen molar-refractivity contribution in [2.75, 3.05) is 13.6 Å². The molecule has 2 aromatic rings. The Balaban J connectivity index is 2.05. The second kappa shape index (κ2) is 5.66. The van der Waals surface area contributed by atoms with Gasteiger partial charge in [0.05, 0.1) is 16.4 Å². The van der Waals surface area contributed by atoms with Crippen LogP contribution in [-0.4, -0.2) is 34.1 Å². The van der Waals surface area contributed by atoms with Crippen LogP contribution in [0.4, 0.5) is 0 Å². The maximum absolute atomic E-state index is 6.33. The molecule has 1 saturated heterocycles. The van der Waals surface area contributed by atoms with Crippen molar-refractivity contribution in [2.24, 2.45) is 0 Å². The molecule has 0 spiro atoms. The third-order valence-electron chi connectivity index (χ3n) is 4.16. The zero-order chi connectivity index (χ0) is 14.3. The normalized spacial score (nSPS) is 21.7. The van der Waals surface area contributed by atoms with Crippen LogP contribution in [0.2, 0.25) is 0 Å². The van der Waals surface area contributed by atoms with E-state index >= 15 is 0 Å². The number of halogens is 2. The first-order valence-electron chi connectivity index (χ1n) is 7.06. The molecular weight excluding hydrogens is 338 g/mol. The maximum Gasteiger partial charge on any atom is 0.127 e. The van der Waals surface area contributed by atoms with E-state index in [1.807, 2.05) is 13.0 Å². The lowest BCUT2D eigenvalue weighted by molar-refractivity contribution is 0.282. The topological polar surface area (TPSA) is 21.1 Å². The van der Waals surface area contributed by atoms with Crippen LogP contribution in [0.25, 0.3) is 11.0 Å². The maximum atomic E-state index is 6.33. The Labute approximate surface area is 133 Å². The summed E-state index contributed by atoms with van der Waals surface area (Å²) < 4.78 is 3.38. The van der Waals surface area contributed by atoms with E-state index in [-0.39, 0.29) is 5.38 Å². The highest BCUT2D eigenvalue weighted by atomic mass is 79.9. The minimum atomic E-state index is -0.0760. The van der Waals surface area contributed by atoms with Gasteiger partial charge in [-0.25, -0.2) is 4.98 Å². The molecule has 2 atom stereocenters. The quantitative estimate of drug-likeness (QED) is 0.769. The number of hydrogen-bond acceptors (Lipinski definition) is 2. The minimum absolute atomic E-state index is 0.0760. The van der Waals surface area contributed by atoms with Gasteiger partial charge in [0.15, 0.2) is 0 Å². The Kier molecular flexibility index (Phi) is 4.07. The van der Waals surface area contributed by atoms with Crippen molar-refractivity contribution in [3.05, 3.63) is 28.5 Å². The van der Waals surface area contributed by atoms with Gasteiger partial charge in [-0.1, -0.05) is 15.9 Å². The van der Waals surface area contributed by atoms with E-state index < -0.39 is 0 Å². The first-order valence-corrected chi connectivity index (χ1v) is 8.29. The number of fused-ring (bicyclic) bond motifs is 1. The van der Waals surface area contributed by atoms with Gasteiger partial charge in [-0.3, -0.25) is 0 Å². The van der Waals surface area contributed by atoms with E-state index in [0.29, 0.717) is 6.04 Å². The highest BCUT2D eigenvalue weighted by Crippen LogP contribution is 2.28. The summed E-state index contributed by atoms with van der Waals surface area (Å²) in [5.41, 5.74) is 2.19. The molecule has 0 amide bonds. The fourth-order valence-electron chi connectivity index (χ4n) is 3.03. The van der Waals surface area contributed by atoms with Crippen molar-refractivity contribution < 1.29 is 0 Å². The fraction of sp³-hybridized carbons (Fsp3) is 0.533. The van der Waals surface area contributed by atoms with Crippen LogP contribution in [0.1, 0.15) is 31.0 Å². The Morgan fingerprint density at radius 1 is 1.50 bits per heavy atom. The molecule has 1 aromatic heterocycles. The minimum Gasteiger partial charge on any atom is -0.325 e. The second-order valence-corrected chi connectivity index (χ2v) is 7.18. The standard InChI is InChI=1S/C15H19BrClN3/c1-10(17)15-18-13-6-5-11(16)8-14(13)20(15)9-12-4-3-7-19(12)2/h5-6,8,10,12H,3-4,7,9H2,1-2H3. The summed E-state index contributed by atoms with van der Waals surface area (Å²) in [6, 6.07) is 6.81. The van der Waals surface area contributed by atoms with Gasteiger partial charge < -0.3 is 9.47 Å². The molecule has 20 heavy (non-hydrogen) atoms. The van der Waals surface area contributed by atoms with Crippen molar-refractivity contribution in [3.8, 4) is 0 Å². The molecule has 1 aliphatic rings. The van der Waals surface area contributed by atoms with Crippen LogP contribution in [0.5, 0.6) is 0 Å². The summed E-state index contributed by atoms with van der Waals surface area (Å²) in [5.74, 6) is 0.972. The molecule has 2 heterocycles. The summed E-state index contributed by atoms with van der Waals surface area (Å²) in [4.78, 5) is 7.15. The van der Waals surface area contributed by atoms with Gasteiger partial charge in [0, 0.05) is 17.1 Å². The van der Waals surface area contributed by atoms with E-state index in [1.54, 1.807) is 0 Å². The van der Waals surface area contributed by atoms with Gasteiger partial charge in [-0.05, 0) is 51.6 Å². The number of imidazole rings is 1. The summed E-state index contributed by atoms with van der Waals surface area (Å²) >= 11 is 9.89. The monoisotopic (exact) mass is 355 g/mol. The Morgan fingerprint density at radius 3 is 2.95 bits per heavy atom. The molecule has 2 unspecified atom stereocenters. The van der Waals surface area contributed by atoms with Gasteiger partial charge in [0.25, 0.3) is 0 Å². The number of aromatic nitrogens is 2. The van der Waals surface area contributed by atoms with Crippen LogP contribution in [0.15, 0.2) is 22.7 Å². The average molecular weight is 357 g/mol. The van der Waals surface area contributed by atoms with Crippen molar-refractivity contribution in [1.82, 2.24) is 14.5 Å². The molecule has 0 aliphatic carbocycles. The number of rotatable bonds is 3. The molecule has 3 nitrogen and oxygen atoms in total. The lowest BCUT2D eigenvalue weighted by Gasteiger charge is -2.22. The molecule has 0 bridgehead atoms. The van der Waals surface area contributed by atoms with E-state index in [9.17, 15) is 0 Å². The number of hydrogen-bond donors (Lipinski definition) is 0. The van der Waals surface area contributed by atoms with Gasteiger partial charge in [0.2, 0.25) is 0 Å². The van der Waals surface area contributed by atoms with Crippen LogP contribution < -0.4 is 0 Å². The number of nitrogens with zero attached hydrogens (tertiary/aromatic N) is 3. The van der Waals surface area contributed by atoms with Gasteiger partial charge in [0.1, 0.15) is 5.82 Å². The van der Waals surface area contributed by atoms with E-state index in [0.717, 1.165) is 22.4 Å². The highest BCUT2D eigenvalue weighted by Gasteiger charge is 2.24. The fourth-order valence-corrected chi connectivity index (χ4v) is 3.55. The number of likely N-dealkylation sites (N-methyl/N-ethyl adjacent to an activating group) is 1. The van der Waals surface area contributed by atoms with Crippen LogP contribution in [0, 0.1) is 0 Å². The van der Waals surface area contributed by atoms with E-state index in [2.05, 4.69) is 44.6 Å². The largest absolute Gasteiger partial charge is 0.325 e. The molecule has 1 aromatic carbocycles. The Bertz CT molecular complexity index is 623. The van der Waals surface area contributed by atoms with Gasteiger partial charge in [-0.2, -0.15) is 0 Å². The average Bonchev–Trinajstić information content (AvgIpc) is 2.95. The number of alkyl halides is 1. The molecule has 0 saturated carbocycles. The lowest BCUT2D eigenvalue weighted by atomic mass is 10.2. The van der Waals surface area contributed by atoms with E-state index in [1.165, 1.54) is 24.9 Å². The zero-order valence-corrected chi connectivity index (χ0v) is 14.2. The Hall–Kier alpha value is -0.580. The van der Waals surface area contributed by atoms with E-state index in [4.69, 9.17) is 16.6 Å². The molecule has 0 radical (unpaired) electrons. The number of benzene rings is 1. The van der Waals surface area contributed by atoms with Gasteiger partial charge in [-0.15, -0.1) is 11.6 Å². The van der Waals surface area contributed by atoms with Crippen LogP contribution in [0.3, 0.4) is 0 Å². The first-order chi connectivity index (χ1) is 9.56. The molecule has 1 aliphatic heterocycles. The zero-order valence-electron chi connectivity index (χ0n) is 11.8. The molecule has 3 rings (SSSR count). The number of likely N-dealkylation sites (tertiary alicyclic amines) is 1. The summed E-state index contributed by atoms with van der Waals surface area (Å²) in [7, 11) is 2.20. The van der Waals surface area contributed by atoms with Crippen molar-refractivity contribution in [3.63, 3.8) is 0 Å². The van der Waals surface area contributed by atoms with Crippen LogP contribution >= 0.6 is 27.5 Å². The molecular formula is C15H19BrClN3. The molecule has 108 valence electrons. The van der Waals surface area contributed by atoms with Crippen LogP contribution in [-0.2, 0) is 6.54 Å². The summed E-state index contributed by atoms with van der Waals surface area (Å²) in [5, 5.41) is -0.0760. The SMILES string of the molecule is CC(Cl)c1nc2ccc(Br)cc2n1CC1CCCN1C. The van der Waals surface area contributed by atoms with Crippen molar-refractivity contribution in [2.45, 2.75) is 37.7 Å². The second-order valence-electron chi connectivity index (χ2n) is 5.61. The van der Waals surface area contributed by atoms with Crippen molar-refractivity contribution >= 4 is 38.6 Å². The predicted octanol–water partition coefficient (Wildman–Crippen LogP) is 4.19.